The molecule has 1 fully saturated rings. The van der Waals surface area contributed by atoms with Crippen molar-refractivity contribution in [1.82, 2.24) is 5.32 Å². The largest absolute Gasteiger partial charge is 0.356 e. The third-order valence-electron chi connectivity index (χ3n) is 4.21. The van der Waals surface area contributed by atoms with E-state index in [1.807, 2.05) is 0 Å². The lowest BCUT2D eigenvalue weighted by atomic mass is 9.79. The topological polar surface area (TPSA) is 55.1 Å². The minimum absolute atomic E-state index is 0.254. The summed E-state index contributed by atoms with van der Waals surface area (Å²) in [4.78, 5) is 12.0. The van der Waals surface area contributed by atoms with Crippen LogP contribution in [-0.2, 0) is 4.79 Å². The molecular formula is C15H30N2O. The summed E-state index contributed by atoms with van der Waals surface area (Å²) >= 11 is 0. The van der Waals surface area contributed by atoms with Gasteiger partial charge in [-0.2, -0.15) is 0 Å². The lowest BCUT2D eigenvalue weighted by molar-refractivity contribution is -0.126. The van der Waals surface area contributed by atoms with E-state index in [9.17, 15) is 4.79 Å². The van der Waals surface area contributed by atoms with E-state index in [1.165, 1.54) is 32.1 Å². The van der Waals surface area contributed by atoms with Crippen LogP contribution in [0.4, 0.5) is 0 Å². The smallest absolute Gasteiger partial charge is 0.223 e. The van der Waals surface area contributed by atoms with E-state index in [0.29, 0.717) is 12.5 Å². The molecule has 18 heavy (non-hydrogen) atoms. The fourth-order valence-corrected chi connectivity index (χ4v) is 2.71. The SMILES string of the molecule is CCCCC1CCC(C(=O)NCC(C)CN)CC1. The van der Waals surface area contributed by atoms with Gasteiger partial charge in [0.15, 0.2) is 0 Å². The summed E-state index contributed by atoms with van der Waals surface area (Å²) in [5, 5.41) is 3.04. The highest BCUT2D eigenvalue weighted by Crippen LogP contribution is 2.31. The molecule has 3 N–H and O–H groups in total. The quantitative estimate of drug-likeness (QED) is 0.734. The van der Waals surface area contributed by atoms with Crippen LogP contribution in [0.3, 0.4) is 0 Å². The van der Waals surface area contributed by atoms with E-state index in [0.717, 1.165) is 25.3 Å². The Kier molecular flexibility index (Phi) is 7.33. The van der Waals surface area contributed by atoms with Crippen LogP contribution in [0.1, 0.15) is 58.8 Å². The molecule has 3 heteroatoms. The molecule has 0 radical (unpaired) electrons. The number of carbonyl (C=O) groups is 1. The van der Waals surface area contributed by atoms with Crippen molar-refractivity contribution in [3.8, 4) is 0 Å². The number of unbranched alkanes of at least 4 members (excludes halogenated alkanes) is 1. The van der Waals surface area contributed by atoms with Gasteiger partial charge >= 0.3 is 0 Å². The zero-order chi connectivity index (χ0) is 13.4. The first-order valence-electron chi connectivity index (χ1n) is 7.65. The predicted octanol–water partition coefficient (Wildman–Crippen LogP) is 2.69. The minimum atomic E-state index is 0.254. The number of amides is 1. The van der Waals surface area contributed by atoms with Gasteiger partial charge in [0.25, 0.3) is 0 Å². The number of carbonyl (C=O) groups excluding carboxylic acids is 1. The van der Waals surface area contributed by atoms with Crippen molar-refractivity contribution in [1.29, 1.82) is 0 Å². The Balaban J connectivity index is 2.19. The number of hydrogen-bond acceptors (Lipinski definition) is 2. The Morgan fingerprint density at radius 2 is 2.00 bits per heavy atom. The molecule has 0 aliphatic heterocycles. The summed E-state index contributed by atoms with van der Waals surface area (Å²) in [5.74, 6) is 1.77. The molecule has 0 spiro atoms. The average Bonchev–Trinajstić information content (AvgIpc) is 2.42. The first-order chi connectivity index (χ1) is 8.67. The minimum Gasteiger partial charge on any atom is -0.356 e. The first kappa shape index (κ1) is 15.5. The van der Waals surface area contributed by atoms with E-state index in [2.05, 4.69) is 19.2 Å². The van der Waals surface area contributed by atoms with E-state index >= 15 is 0 Å². The number of rotatable bonds is 7. The van der Waals surface area contributed by atoms with Gasteiger partial charge in [0, 0.05) is 12.5 Å². The lowest BCUT2D eigenvalue weighted by Gasteiger charge is -2.28. The van der Waals surface area contributed by atoms with Gasteiger partial charge in [0.05, 0.1) is 0 Å². The standard InChI is InChI=1S/C15H30N2O/c1-3-4-5-13-6-8-14(9-7-13)15(18)17-11-12(2)10-16/h12-14H,3-11,16H2,1-2H3,(H,17,18). The first-order valence-corrected chi connectivity index (χ1v) is 7.65. The van der Waals surface area contributed by atoms with Gasteiger partial charge in [-0.05, 0) is 44.1 Å². The second-order valence-electron chi connectivity index (χ2n) is 5.95. The highest BCUT2D eigenvalue weighted by Gasteiger charge is 2.25. The maximum atomic E-state index is 12.0. The molecule has 0 aromatic rings. The molecular weight excluding hydrogens is 224 g/mol. The molecule has 0 bridgehead atoms. The molecule has 0 aromatic heterocycles. The van der Waals surface area contributed by atoms with Crippen LogP contribution in [0.2, 0.25) is 0 Å². The van der Waals surface area contributed by atoms with E-state index in [-0.39, 0.29) is 11.8 Å². The lowest BCUT2D eigenvalue weighted by Crippen LogP contribution is -2.37. The third-order valence-corrected chi connectivity index (χ3v) is 4.21. The maximum Gasteiger partial charge on any atom is 0.223 e. The van der Waals surface area contributed by atoms with Gasteiger partial charge in [-0.1, -0.05) is 33.1 Å². The Hall–Kier alpha value is -0.570. The summed E-state index contributed by atoms with van der Waals surface area (Å²) in [7, 11) is 0. The van der Waals surface area contributed by atoms with E-state index in [1.54, 1.807) is 0 Å². The van der Waals surface area contributed by atoms with Crippen molar-refractivity contribution in [3.63, 3.8) is 0 Å². The normalized spacial score (nSPS) is 25.7. The van der Waals surface area contributed by atoms with E-state index in [4.69, 9.17) is 5.73 Å². The zero-order valence-electron chi connectivity index (χ0n) is 12.1. The monoisotopic (exact) mass is 254 g/mol. The second-order valence-corrected chi connectivity index (χ2v) is 5.95. The van der Waals surface area contributed by atoms with Crippen LogP contribution < -0.4 is 11.1 Å². The van der Waals surface area contributed by atoms with Crippen LogP contribution >= 0.6 is 0 Å². The zero-order valence-corrected chi connectivity index (χ0v) is 12.1. The molecule has 1 aliphatic carbocycles. The molecule has 1 saturated carbocycles. The second kappa shape index (κ2) is 8.52. The molecule has 1 aliphatic rings. The van der Waals surface area contributed by atoms with Crippen LogP contribution in [0.5, 0.6) is 0 Å². The molecule has 1 rings (SSSR count). The highest BCUT2D eigenvalue weighted by atomic mass is 16.1. The van der Waals surface area contributed by atoms with Gasteiger partial charge in [0.1, 0.15) is 0 Å². The number of nitrogens with one attached hydrogen (secondary N) is 1. The summed E-state index contributed by atoms with van der Waals surface area (Å²) in [6.45, 7) is 5.69. The predicted molar refractivity (Wildman–Crippen MR) is 76.2 cm³/mol. The van der Waals surface area contributed by atoms with E-state index < -0.39 is 0 Å². The van der Waals surface area contributed by atoms with Gasteiger partial charge < -0.3 is 11.1 Å². The third kappa shape index (κ3) is 5.38. The fourth-order valence-electron chi connectivity index (χ4n) is 2.71. The van der Waals surface area contributed by atoms with Gasteiger partial charge in [-0.15, -0.1) is 0 Å². The Morgan fingerprint density at radius 3 is 2.56 bits per heavy atom. The van der Waals surface area contributed by atoms with Crippen molar-refractivity contribution in [3.05, 3.63) is 0 Å². The Labute approximate surface area is 112 Å². The van der Waals surface area contributed by atoms with Crippen LogP contribution in [-0.4, -0.2) is 19.0 Å². The number of hydrogen-bond donors (Lipinski definition) is 2. The van der Waals surface area contributed by atoms with Crippen molar-refractivity contribution in [2.45, 2.75) is 58.8 Å². The highest BCUT2D eigenvalue weighted by molar-refractivity contribution is 5.78. The molecule has 0 heterocycles. The van der Waals surface area contributed by atoms with Crippen molar-refractivity contribution in [2.24, 2.45) is 23.5 Å². The maximum absolute atomic E-state index is 12.0. The van der Waals surface area contributed by atoms with Crippen molar-refractivity contribution in [2.75, 3.05) is 13.1 Å². The summed E-state index contributed by atoms with van der Waals surface area (Å²) < 4.78 is 0. The molecule has 106 valence electrons. The fraction of sp³-hybridized carbons (Fsp3) is 0.933. The molecule has 1 unspecified atom stereocenters. The van der Waals surface area contributed by atoms with Gasteiger partial charge in [-0.3, -0.25) is 4.79 Å². The summed E-state index contributed by atoms with van der Waals surface area (Å²) in [6, 6.07) is 0. The Bertz CT molecular complexity index is 235. The molecule has 0 saturated heterocycles. The molecule has 3 nitrogen and oxygen atoms in total. The van der Waals surface area contributed by atoms with Crippen molar-refractivity contribution < 1.29 is 4.79 Å². The summed E-state index contributed by atoms with van der Waals surface area (Å²) in [6.07, 6.45) is 8.63. The van der Waals surface area contributed by atoms with Crippen molar-refractivity contribution >= 4 is 5.91 Å². The van der Waals surface area contributed by atoms with Gasteiger partial charge in [0.2, 0.25) is 5.91 Å². The average molecular weight is 254 g/mol. The van der Waals surface area contributed by atoms with Crippen LogP contribution in [0.25, 0.3) is 0 Å². The molecule has 0 aromatic carbocycles. The van der Waals surface area contributed by atoms with Gasteiger partial charge in [-0.25, -0.2) is 0 Å². The molecule has 1 atom stereocenters. The Morgan fingerprint density at radius 1 is 1.33 bits per heavy atom. The van der Waals surface area contributed by atoms with Crippen LogP contribution in [0.15, 0.2) is 0 Å². The van der Waals surface area contributed by atoms with Crippen LogP contribution in [0, 0.1) is 17.8 Å². The summed E-state index contributed by atoms with van der Waals surface area (Å²) in [5.41, 5.74) is 5.55. The number of nitrogens with two attached hydrogens (primary N) is 1. The molecule has 1 amide bonds.